The molecule has 1 aromatic carbocycles. The number of benzene rings is 1. The Morgan fingerprint density at radius 2 is 1.64 bits per heavy atom. The predicted octanol–water partition coefficient (Wildman–Crippen LogP) is 3.17. The molecule has 0 saturated carbocycles. The molecule has 1 N–H and O–H groups in total. The molecule has 1 aromatic rings. The lowest BCUT2D eigenvalue weighted by molar-refractivity contribution is 0.395. The molecular formula is C13H12O. The van der Waals surface area contributed by atoms with Crippen molar-refractivity contribution in [2.24, 2.45) is 0 Å². The zero-order valence-electron chi connectivity index (χ0n) is 7.85. The Balaban J connectivity index is 2.16. The molecule has 0 saturated heterocycles. The highest BCUT2D eigenvalue weighted by atomic mass is 16.3. The molecule has 0 radical (unpaired) electrons. The number of rotatable bonds is 2. The summed E-state index contributed by atoms with van der Waals surface area (Å²) in [5, 5.41) is 9.78. The fraction of sp³-hybridized carbons (Fsp3) is 0.0769. The van der Waals surface area contributed by atoms with E-state index in [0.717, 1.165) is 11.1 Å². The molecule has 0 amide bonds. The maximum atomic E-state index is 9.78. The molecule has 2 rings (SSSR count). The van der Waals surface area contributed by atoms with Crippen molar-refractivity contribution in [1.29, 1.82) is 0 Å². The van der Waals surface area contributed by atoms with Gasteiger partial charge in [-0.25, -0.2) is 0 Å². The van der Waals surface area contributed by atoms with Gasteiger partial charge in [-0.05, 0) is 5.56 Å². The van der Waals surface area contributed by atoms with Gasteiger partial charge in [0.15, 0.2) is 0 Å². The third kappa shape index (κ3) is 1.94. The molecule has 0 aromatic heterocycles. The number of hydrogen-bond donors (Lipinski definition) is 1. The normalized spacial score (nSPS) is 13.6. The molecule has 0 bridgehead atoms. The van der Waals surface area contributed by atoms with Crippen molar-refractivity contribution in [2.75, 3.05) is 0 Å². The SMILES string of the molecule is OC(Cc1ccccc1)=C1C=CC=C1. The quantitative estimate of drug-likeness (QED) is 0.700. The summed E-state index contributed by atoms with van der Waals surface area (Å²) in [4.78, 5) is 0. The van der Waals surface area contributed by atoms with E-state index in [0.29, 0.717) is 12.2 Å². The Hall–Kier alpha value is -1.76. The fourth-order valence-corrected chi connectivity index (χ4v) is 1.46. The molecule has 14 heavy (non-hydrogen) atoms. The van der Waals surface area contributed by atoms with Crippen molar-refractivity contribution in [3.05, 3.63) is 71.5 Å². The fourth-order valence-electron chi connectivity index (χ4n) is 1.46. The molecule has 70 valence electrons. The molecule has 0 unspecified atom stereocenters. The van der Waals surface area contributed by atoms with Crippen LogP contribution in [0, 0.1) is 0 Å². The summed E-state index contributed by atoms with van der Waals surface area (Å²) in [7, 11) is 0. The molecular weight excluding hydrogens is 172 g/mol. The largest absolute Gasteiger partial charge is 0.511 e. The van der Waals surface area contributed by atoms with E-state index in [2.05, 4.69) is 0 Å². The van der Waals surface area contributed by atoms with Crippen LogP contribution in [-0.4, -0.2) is 5.11 Å². The summed E-state index contributed by atoms with van der Waals surface area (Å²) >= 11 is 0. The van der Waals surface area contributed by atoms with Crippen molar-refractivity contribution in [1.82, 2.24) is 0 Å². The highest BCUT2D eigenvalue weighted by molar-refractivity contribution is 5.42. The van der Waals surface area contributed by atoms with Gasteiger partial charge in [0.25, 0.3) is 0 Å². The monoisotopic (exact) mass is 184 g/mol. The number of allylic oxidation sites excluding steroid dienone is 6. The minimum atomic E-state index is 0.432. The Labute approximate surface area is 83.7 Å². The number of aliphatic hydroxyl groups is 1. The first-order chi connectivity index (χ1) is 6.86. The van der Waals surface area contributed by atoms with Crippen LogP contribution in [0.3, 0.4) is 0 Å². The van der Waals surface area contributed by atoms with Crippen molar-refractivity contribution in [3.8, 4) is 0 Å². The van der Waals surface area contributed by atoms with Crippen LogP contribution in [0.4, 0.5) is 0 Å². The maximum Gasteiger partial charge on any atom is 0.104 e. The van der Waals surface area contributed by atoms with Gasteiger partial charge in [-0.2, -0.15) is 0 Å². The third-order valence-corrected chi connectivity index (χ3v) is 2.21. The zero-order valence-corrected chi connectivity index (χ0v) is 7.85. The average Bonchev–Trinajstić information content (AvgIpc) is 2.72. The van der Waals surface area contributed by atoms with Crippen molar-refractivity contribution in [2.45, 2.75) is 6.42 Å². The van der Waals surface area contributed by atoms with Gasteiger partial charge >= 0.3 is 0 Å². The standard InChI is InChI=1S/C13H12O/c14-13(12-8-4-5-9-12)10-11-6-2-1-3-7-11/h1-9,14H,10H2. The first-order valence-corrected chi connectivity index (χ1v) is 4.67. The van der Waals surface area contributed by atoms with E-state index < -0.39 is 0 Å². The van der Waals surface area contributed by atoms with Crippen LogP contribution in [0.2, 0.25) is 0 Å². The van der Waals surface area contributed by atoms with Gasteiger partial charge in [0.1, 0.15) is 5.76 Å². The van der Waals surface area contributed by atoms with Crippen LogP contribution >= 0.6 is 0 Å². The summed E-state index contributed by atoms with van der Waals surface area (Å²) in [6.07, 6.45) is 8.29. The molecule has 0 heterocycles. The lowest BCUT2D eigenvalue weighted by atomic mass is 10.1. The highest BCUT2D eigenvalue weighted by Crippen LogP contribution is 2.15. The molecule has 0 atom stereocenters. The molecule has 0 aliphatic heterocycles. The predicted molar refractivity (Wildman–Crippen MR) is 58.1 cm³/mol. The van der Waals surface area contributed by atoms with E-state index in [9.17, 15) is 5.11 Å². The zero-order chi connectivity index (χ0) is 9.80. The van der Waals surface area contributed by atoms with Crippen LogP contribution in [0.15, 0.2) is 66.0 Å². The summed E-state index contributed by atoms with van der Waals surface area (Å²) in [6, 6.07) is 9.96. The van der Waals surface area contributed by atoms with Crippen LogP contribution in [0.5, 0.6) is 0 Å². The minimum absolute atomic E-state index is 0.432. The number of aliphatic hydroxyl groups excluding tert-OH is 1. The van der Waals surface area contributed by atoms with Crippen LogP contribution in [0.1, 0.15) is 5.56 Å². The first kappa shape index (κ1) is 8.82. The second kappa shape index (κ2) is 3.97. The second-order valence-electron chi connectivity index (χ2n) is 3.28. The van der Waals surface area contributed by atoms with Gasteiger partial charge in [-0.1, -0.05) is 54.6 Å². The van der Waals surface area contributed by atoms with Gasteiger partial charge in [0, 0.05) is 12.0 Å². The Bertz CT molecular complexity index is 383. The van der Waals surface area contributed by atoms with E-state index in [1.165, 1.54) is 0 Å². The average molecular weight is 184 g/mol. The van der Waals surface area contributed by atoms with Gasteiger partial charge in [-0.3, -0.25) is 0 Å². The molecule has 1 aliphatic carbocycles. The third-order valence-electron chi connectivity index (χ3n) is 2.21. The summed E-state index contributed by atoms with van der Waals surface area (Å²) in [5.74, 6) is 0.432. The van der Waals surface area contributed by atoms with Gasteiger partial charge < -0.3 is 5.11 Å². The first-order valence-electron chi connectivity index (χ1n) is 4.67. The Kier molecular flexibility index (Phi) is 2.50. The topological polar surface area (TPSA) is 20.2 Å². The molecule has 0 fully saturated rings. The molecule has 1 aliphatic rings. The second-order valence-corrected chi connectivity index (χ2v) is 3.28. The molecule has 1 heteroatoms. The Morgan fingerprint density at radius 3 is 2.29 bits per heavy atom. The van der Waals surface area contributed by atoms with Crippen LogP contribution in [0.25, 0.3) is 0 Å². The summed E-state index contributed by atoms with van der Waals surface area (Å²) < 4.78 is 0. The maximum absolute atomic E-state index is 9.78. The summed E-state index contributed by atoms with van der Waals surface area (Å²) in [5.41, 5.74) is 2.04. The van der Waals surface area contributed by atoms with Gasteiger partial charge in [0.2, 0.25) is 0 Å². The lowest BCUT2D eigenvalue weighted by Crippen LogP contribution is -1.91. The van der Waals surface area contributed by atoms with Crippen LogP contribution < -0.4 is 0 Å². The van der Waals surface area contributed by atoms with Gasteiger partial charge in [-0.15, -0.1) is 0 Å². The molecule has 0 spiro atoms. The summed E-state index contributed by atoms with van der Waals surface area (Å²) in [6.45, 7) is 0. The lowest BCUT2D eigenvalue weighted by Gasteiger charge is -2.02. The van der Waals surface area contributed by atoms with E-state index in [4.69, 9.17) is 0 Å². The van der Waals surface area contributed by atoms with E-state index in [1.54, 1.807) is 0 Å². The van der Waals surface area contributed by atoms with E-state index in [1.807, 2.05) is 54.6 Å². The Morgan fingerprint density at radius 1 is 1.00 bits per heavy atom. The minimum Gasteiger partial charge on any atom is -0.511 e. The number of hydrogen-bond acceptors (Lipinski definition) is 1. The van der Waals surface area contributed by atoms with E-state index >= 15 is 0 Å². The van der Waals surface area contributed by atoms with Crippen molar-refractivity contribution >= 4 is 0 Å². The van der Waals surface area contributed by atoms with E-state index in [-0.39, 0.29) is 0 Å². The highest BCUT2D eigenvalue weighted by Gasteiger charge is 2.02. The van der Waals surface area contributed by atoms with Crippen molar-refractivity contribution in [3.63, 3.8) is 0 Å². The van der Waals surface area contributed by atoms with Gasteiger partial charge in [0.05, 0.1) is 0 Å². The van der Waals surface area contributed by atoms with Crippen LogP contribution in [-0.2, 0) is 6.42 Å². The van der Waals surface area contributed by atoms with Crippen molar-refractivity contribution < 1.29 is 5.11 Å². The molecule has 1 nitrogen and oxygen atoms in total. The smallest absolute Gasteiger partial charge is 0.104 e.